The van der Waals surface area contributed by atoms with Crippen molar-refractivity contribution in [3.05, 3.63) is 35.5 Å². The van der Waals surface area contributed by atoms with Crippen LogP contribution in [-0.2, 0) is 4.74 Å². The van der Waals surface area contributed by atoms with E-state index >= 15 is 0 Å². The summed E-state index contributed by atoms with van der Waals surface area (Å²) in [6, 6.07) is 5.18. The van der Waals surface area contributed by atoms with Gasteiger partial charge < -0.3 is 9.47 Å². The molecule has 0 bridgehead atoms. The van der Waals surface area contributed by atoms with Crippen molar-refractivity contribution in [3.8, 4) is 16.2 Å². The number of carbonyl (C=O) groups is 1. The van der Waals surface area contributed by atoms with Crippen molar-refractivity contribution in [2.24, 2.45) is 0 Å². The zero-order valence-electron chi connectivity index (χ0n) is 10.1. The van der Waals surface area contributed by atoms with Crippen molar-refractivity contribution in [1.82, 2.24) is 4.98 Å². The first-order valence-corrected chi connectivity index (χ1v) is 6.16. The summed E-state index contributed by atoms with van der Waals surface area (Å²) < 4.78 is 44.5. The van der Waals surface area contributed by atoms with Crippen LogP contribution in [0.3, 0.4) is 0 Å². The minimum Gasteiger partial charge on any atom is -0.464 e. The van der Waals surface area contributed by atoms with Crippen LogP contribution in [0.1, 0.15) is 10.5 Å². The highest BCUT2D eigenvalue weighted by Gasteiger charge is 2.31. The van der Waals surface area contributed by atoms with Gasteiger partial charge in [0.25, 0.3) is 0 Å². The molecule has 2 aromatic rings. The van der Waals surface area contributed by atoms with Crippen molar-refractivity contribution in [1.29, 1.82) is 0 Å². The third kappa shape index (κ3) is 3.27. The molecule has 0 amide bonds. The Balaban J connectivity index is 2.27. The molecule has 106 valence electrons. The summed E-state index contributed by atoms with van der Waals surface area (Å²) >= 11 is 1.19. The molecule has 0 saturated heterocycles. The van der Waals surface area contributed by atoms with Crippen molar-refractivity contribution < 1.29 is 27.4 Å². The molecule has 0 spiro atoms. The molecule has 0 aliphatic heterocycles. The van der Waals surface area contributed by atoms with Gasteiger partial charge in [0.1, 0.15) is 5.75 Å². The van der Waals surface area contributed by atoms with Gasteiger partial charge in [-0.2, -0.15) is 0 Å². The first-order valence-electron chi connectivity index (χ1n) is 5.28. The second kappa shape index (κ2) is 5.49. The Morgan fingerprint density at radius 3 is 2.45 bits per heavy atom. The Bertz CT molecular complexity index is 607. The number of ether oxygens (including phenoxy) is 2. The number of rotatable bonds is 3. The van der Waals surface area contributed by atoms with Crippen LogP contribution in [0.15, 0.2) is 29.8 Å². The molecule has 0 N–H and O–H groups in total. The maximum atomic E-state index is 12.0. The van der Waals surface area contributed by atoms with E-state index in [1.54, 1.807) is 0 Å². The van der Waals surface area contributed by atoms with Gasteiger partial charge in [-0.25, -0.2) is 9.78 Å². The maximum Gasteiger partial charge on any atom is 0.573 e. The SMILES string of the molecule is COC(=O)c1ncsc1-c1ccc(OC(F)(F)F)cc1. The number of esters is 1. The smallest absolute Gasteiger partial charge is 0.464 e. The predicted molar refractivity (Wildman–Crippen MR) is 65.6 cm³/mol. The van der Waals surface area contributed by atoms with Gasteiger partial charge in [0.05, 0.1) is 17.5 Å². The van der Waals surface area contributed by atoms with Crippen LogP contribution >= 0.6 is 11.3 Å². The number of aromatic nitrogens is 1. The van der Waals surface area contributed by atoms with Crippen LogP contribution in [0, 0.1) is 0 Å². The van der Waals surface area contributed by atoms with Crippen LogP contribution < -0.4 is 4.74 Å². The summed E-state index contributed by atoms with van der Waals surface area (Å²) in [5.74, 6) is -0.928. The zero-order valence-corrected chi connectivity index (χ0v) is 10.9. The average Bonchev–Trinajstić information content (AvgIpc) is 2.86. The zero-order chi connectivity index (χ0) is 14.8. The molecule has 1 heterocycles. The molecule has 4 nitrogen and oxygen atoms in total. The van der Waals surface area contributed by atoms with Crippen LogP contribution in [0.2, 0.25) is 0 Å². The molecule has 0 radical (unpaired) electrons. The second-order valence-electron chi connectivity index (χ2n) is 3.59. The average molecular weight is 303 g/mol. The lowest BCUT2D eigenvalue weighted by atomic mass is 10.1. The van der Waals surface area contributed by atoms with Gasteiger partial charge in [-0.3, -0.25) is 0 Å². The molecular formula is C12H8F3NO3S. The molecule has 0 unspecified atom stereocenters. The predicted octanol–water partition coefficient (Wildman–Crippen LogP) is 3.50. The van der Waals surface area contributed by atoms with E-state index < -0.39 is 12.3 Å². The van der Waals surface area contributed by atoms with E-state index in [1.165, 1.54) is 48.2 Å². The lowest BCUT2D eigenvalue weighted by molar-refractivity contribution is -0.274. The second-order valence-corrected chi connectivity index (χ2v) is 4.45. The number of nitrogens with zero attached hydrogens (tertiary/aromatic N) is 1. The van der Waals surface area contributed by atoms with E-state index in [1.807, 2.05) is 0 Å². The maximum absolute atomic E-state index is 12.0. The fourth-order valence-electron chi connectivity index (χ4n) is 1.50. The highest BCUT2D eigenvalue weighted by atomic mass is 32.1. The van der Waals surface area contributed by atoms with Gasteiger partial charge >= 0.3 is 12.3 Å². The highest BCUT2D eigenvalue weighted by Crippen LogP contribution is 2.31. The Kier molecular flexibility index (Phi) is 3.93. The lowest BCUT2D eigenvalue weighted by Gasteiger charge is -2.09. The van der Waals surface area contributed by atoms with Crippen LogP contribution in [-0.4, -0.2) is 24.4 Å². The highest BCUT2D eigenvalue weighted by molar-refractivity contribution is 7.13. The number of benzene rings is 1. The van der Waals surface area contributed by atoms with Crippen molar-refractivity contribution in [2.45, 2.75) is 6.36 Å². The lowest BCUT2D eigenvalue weighted by Crippen LogP contribution is -2.16. The fourth-order valence-corrected chi connectivity index (χ4v) is 2.28. The van der Waals surface area contributed by atoms with Gasteiger partial charge in [-0.15, -0.1) is 24.5 Å². The van der Waals surface area contributed by atoms with E-state index in [0.717, 1.165) is 0 Å². The molecule has 0 aliphatic rings. The summed E-state index contributed by atoms with van der Waals surface area (Å²) in [6.07, 6.45) is -4.73. The minimum atomic E-state index is -4.73. The fraction of sp³-hybridized carbons (Fsp3) is 0.167. The summed E-state index contributed by atoms with van der Waals surface area (Å²) in [7, 11) is 1.23. The van der Waals surface area contributed by atoms with Gasteiger partial charge in [0.15, 0.2) is 5.69 Å². The minimum absolute atomic E-state index is 0.127. The molecule has 0 fully saturated rings. The molecule has 0 saturated carbocycles. The van der Waals surface area contributed by atoms with E-state index in [2.05, 4.69) is 14.5 Å². The van der Waals surface area contributed by atoms with E-state index in [4.69, 9.17) is 0 Å². The summed E-state index contributed by atoms with van der Waals surface area (Å²) in [4.78, 5) is 15.9. The molecule has 1 aromatic heterocycles. The number of alkyl halides is 3. The normalized spacial score (nSPS) is 11.2. The molecule has 8 heteroatoms. The quantitative estimate of drug-likeness (QED) is 0.814. The Morgan fingerprint density at radius 1 is 1.25 bits per heavy atom. The number of methoxy groups -OCH3 is 1. The Morgan fingerprint density at radius 2 is 1.90 bits per heavy atom. The van der Waals surface area contributed by atoms with Gasteiger partial charge in [-0.05, 0) is 29.8 Å². The number of halogens is 3. The molecular weight excluding hydrogens is 295 g/mol. The Labute approximate surface area is 115 Å². The third-order valence-electron chi connectivity index (χ3n) is 2.30. The van der Waals surface area contributed by atoms with Gasteiger partial charge in [0, 0.05) is 0 Å². The first kappa shape index (κ1) is 14.3. The summed E-state index contributed by atoms with van der Waals surface area (Å²) in [5.41, 5.74) is 2.14. The number of hydrogen-bond acceptors (Lipinski definition) is 5. The van der Waals surface area contributed by atoms with E-state index in [0.29, 0.717) is 10.4 Å². The summed E-state index contributed by atoms with van der Waals surface area (Å²) in [5, 5.41) is 0. The largest absolute Gasteiger partial charge is 0.573 e. The van der Waals surface area contributed by atoms with E-state index in [9.17, 15) is 18.0 Å². The van der Waals surface area contributed by atoms with Crippen molar-refractivity contribution >= 4 is 17.3 Å². The van der Waals surface area contributed by atoms with Crippen LogP contribution in [0.5, 0.6) is 5.75 Å². The van der Waals surface area contributed by atoms with Crippen LogP contribution in [0.25, 0.3) is 10.4 Å². The van der Waals surface area contributed by atoms with E-state index in [-0.39, 0.29) is 11.4 Å². The molecule has 20 heavy (non-hydrogen) atoms. The standard InChI is InChI=1S/C12H8F3NO3S/c1-18-11(17)9-10(20-6-16-9)7-2-4-8(5-3-7)19-12(13,14)15/h2-6H,1H3. The molecule has 0 aliphatic carbocycles. The topological polar surface area (TPSA) is 48.4 Å². The van der Waals surface area contributed by atoms with Gasteiger partial charge in [0.2, 0.25) is 0 Å². The van der Waals surface area contributed by atoms with Crippen LogP contribution in [0.4, 0.5) is 13.2 Å². The Hall–Kier alpha value is -2.09. The van der Waals surface area contributed by atoms with Crippen molar-refractivity contribution in [3.63, 3.8) is 0 Å². The third-order valence-corrected chi connectivity index (χ3v) is 3.17. The number of hydrogen-bond donors (Lipinski definition) is 0. The number of carbonyl (C=O) groups excluding carboxylic acids is 1. The number of thiazole rings is 1. The first-order chi connectivity index (χ1) is 9.40. The summed E-state index contributed by atoms with van der Waals surface area (Å²) in [6.45, 7) is 0. The molecule has 2 rings (SSSR count). The molecule has 1 aromatic carbocycles. The van der Waals surface area contributed by atoms with Gasteiger partial charge in [-0.1, -0.05) is 0 Å². The van der Waals surface area contributed by atoms with Crippen molar-refractivity contribution in [2.75, 3.05) is 7.11 Å². The monoisotopic (exact) mass is 303 g/mol. The molecule has 0 atom stereocenters.